The van der Waals surface area contributed by atoms with Gasteiger partial charge in [-0.25, -0.2) is 0 Å². The molecule has 0 fully saturated rings. The average molecular weight is 343 g/mol. The Morgan fingerprint density at radius 3 is 2.60 bits per heavy atom. The van der Waals surface area contributed by atoms with Crippen molar-refractivity contribution in [2.24, 2.45) is 5.92 Å². The normalized spacial score (nSPS) is 14.0. The Labute approximate surface area is 129 Å². The van der Waals surface area contributed by atoms with Crippen LogP contribution in [0.3, 0.4) is 0 Å². The summed E-state index contributed by atoms with van der Waals surface area (Å²) in [7, 11) is 0. The van der Waals surface area contributed by atoms with E-state index in [1.54, 1.807) is 12.1 Å². The number of halogens is 1. The first-order valence-corrected chi connectivity index (χ1v) is 7.95. The van der Waals surface area contributed by atoms with Gasteiger partial charge in [-0.1, -0.05) is 42.3 Å². The second kappa shape index (κ2) is 8.37. The van der Waals surface area contributed by atoms with Gasteiger partial charge in [0.25, 0.3) is 5.69 Å². The van der Waals surface area contributed by atoms with Crippen LogP contribution in [0.15, 0.2) is 22.7 Å². The highest BCUT2D eigenvalue weighted by atomic mass is 79.9. The second-order valence-electron chi connectivity index (χ2n) is 5.15. The minimum Gasteiger partial charge on any atom is -0.314 e. The third-order valence-electron chi connectivity index (χ3n) is 3.68. The molecule has 0 aliphatic heterocycles. The van der Waals surface area contributed by atoms with Crippen LogP contribution in [0.25, 0.3) is 0 Å². The van der Waals surface area contributed by atoms with Crippen molar-refractivity contribution in [3.8, 4) is 0 Å². The lowest BCUT2D eigenvalue weighted by Crippen LogP contribution is -2.34. The maximum atomic E-state index is 10.7. The number of nitro groups is 1. The minimum absolute atomic E-state index is 0.130. The molecule has 1 rings (SSSR count). The molecular weight excluding hydrogens is 320 g/mol. The van der Waals surface area contributed by atoms with Crippen molar-refractivity contribution in [1.29, 1.82) is 0 Å². The summed E-state index contributed by atoms with van der Waals surface area (Å²) >= 11 is 3.45. The molecule has 0 saturated heterocycles. The van der Waals surface area contributed by atoms with Crippen LogP contribution in [0.1, 0.15) is 39.2 Å². The summed E-state index contributed by atoms with van der Waals surface area (Å²) in [6.07, 6.45) is 3.14. The summed E-state index contributed by atoms with van der Waals surface area (Å²) in [4.78, 5) is 10.4. The number of nitrogens with one attached hydrogen (secondary N) is 1. The number of hydrogen-bond acceptors (Lipinski definition) is 3. The lowest BCUT2D eigenvalue weighted by Gasteiger charge is -2.24. The Morgan fingerprint density at radius 2 is 2.10 bits per heavy atom. The maximum Gasteiger partial charge on any atom is 0.270 e. The Balaban J connectivity index is 2.77. The molecule has 0 aromatic heterocycles. The van der Waals surface area contributed by atoms with Crippen LogP contribution in [0.2, 0.25) is 0 Å². The summed E-state index contributed by atoms with van der Waals surface area (Å²) in [5.41, 5.74) is 1.26. The molecule has 4 nitrogen and oxygen atoms in total. The van der Waals surface area contributed by atoms with Crippen LogP contribution in [0.4, 0.5) is 5.69 Å². The van der Waals surface area contributed by atoms with Gasteiger partial charge < -0.3 is 5.32 Å². The summed E-state index contributed by atoms with van der Waals surface area (Å²) in [5.74, 6) is 0.527. The molecule has 0 aliphatic carbocycles. The highest BCUT2D eigenvalue weighted by molar-refractivity contribution is 9.10. The van der Waals surface area contributed by atoms with Crippen molar-refractivity contribution in [1.82, 2.24) is 5.32 Å². The van der Waals surface area contributed by atoms with E-state index in [-0.39, 0.29) is 10.6 Å². The van der Waals surface area contributed by atoms with Crippen LogP contribution in [-0.2, 0) is 6.42 Å². The van der Waals surface area contributed by atoms with Gasteiger partial charge in [-0.05, 0) is 37.8 Å². The molecule has 0 aliphatic rings. The summed E-state index contributed by atoms with van der Waals surface area (Å²) in [6.45, 7) is 7.59. The van der Waals surface area contributed by atoms with Crippen LogP contribution in [0, 0.1) is 16.0 Å². The van der Waals surface area contributed by atoms with Gasteiger partial charge in [0.05, 0.1) is 4.92 Å². The number of nitro benzene ring substituents is 1. The minimum atomic E-state index is -0.364. The standard InChI is InChI=1S/C15H23BrN2O2/c1-4-8-17-11(3)12(5-2)9-13-6-7-14(18(19)20)10-15(13)16/h6-7,10-12,17H,4-5,8-9H2,1-3H3. The molecule has 2 unspecified atom stereocenters. The van der Waals surface area contributed by atoms with Gasteiger partial charge in [0.1, 0.15) is 0 Å². The predicted octanol–water partition coefficient (Wildman–Crippen LogP) is 4.31. The van der Waals surface area contributed by atoms with E-state index in [1.165, 1.54) is 0 Å². The molecule has 5 heteroatoms. The fourth-order valence-electron chi connectivity index (χ4n) is 2.31. The first kappa shape index (κ1) is 17.1. The topological polar surface area (TPSA) is 55.2 Å². The van der Waals surface area contributed by atoms with E-state index in [1.807, 2.05) is 6.07 Å². The third kappa shape index (κ3) is 4.87. The lowest BCUT2D eigenvalue weighted by molar-refractivity contribution is -0.384. The largest absolute Gasteiger partial charge is 0.314 e. The number of benzene rings is 1. The van der Waals surface area contributed by atoms with Crippen molar-refractivity contribution >= 4 is 21.6 Å². The Bertz CT molecular complexity index is 451. The zero-order chi connectivity index (χ0) is 15.1. The van der Waals surface area contributed by atoms with Crippen LogP contribution >= 0.6 is 15.9 Å². The molecule has 0 heterocycles. The molecule has 2 atom stereocenters. The Morgan fingerprint density at radius 1 is 1.40 bits per heavy atom. The molecule has 0 spiro atoms. The Kier molecular flexibility index (Phi) is 7.16. The molecule has 0 amide bonds. The number of nitrogens with zero attached hydrogens (tertiary/aromatic N) is 1. The summed E-state index contributed by atoms with van der Waals surface area (Å²) in [5, 5.41) is 14.3. The van der Waals surface area contributed by atoms with Crippen molar-refractivity contribution in [3.63, 3.8) is 0 Å². The van der Waals surface area contributed by atoms with Crippen LogP contribution < -0.4 is 5.32 Å². The van der Waals surface area contributed by atoms with E-state index in [0.29, 0.717) is 12.0 Å². The summed E-state index contributed by atoms with van der Waals surface area (Å²) < 4.78 is 0.827. The molecule has 0 radical (unpaired) electrons. The van der Waals surface area contributed by atoms with Crippen molar-refractivity contribution < 1.29 is 4.92 Å². The lowest BCUT2D eigenvalue weighted by atomic mass is 9.90. The van der Waals surface area contributed by atoms with E-state index >= 15 is 0 Å². The Hall–Kier alpha value is -0.940. The molecule has 20 heavy (non-hydrogen) atoms. The van der Waals surface area contributed by atoms with Crippen LogP contribution in [-0.4, -0.2) is 17.5 Å². The van der Waals surface area contributed by atoms with Gasteiger partial charge in [0.2, 0.25) is 0 Å². The zero-order valence-corrected chi connectivity index (χ0v) is 13.9. The fourth-order valence-corrected chi connectivity index (χ4v) is 2.84. The van der Waals surface area contributed by atoms with Crippen molar-refractivity contribution in [3.05, 3.63) is 38.3 Å². The van der Waals surface area contributed by atoms with Gasteiger partial charge in [-0.3, -0.25) is 10.1 Å². The number of hydrogen-bond donors (Lipinski definition) is 1. The van der Waals surface area contributed by atoms with Gasteiger partial charge in [0.15, 0.2) is 0 Å². The molecule has 0 saturated carbocycles. The van der Waals surface area contributed by atoms with Gasteiger partial charge in [0, 0.05) is 22.6 Å². The molecule has 1 aromatic rings. The van der Waals surface area contributed by atoms with E-state index in [2.05, 4.69) is 42.0 Å². The fraction of sp³-hybridized carbons (Fsp3) is 0.600. The molecule has 1 aromatic carbocycles. The van der Waals surface area contributed by atoms with Gasteiger partial charge in [-0.15, -0.1) is 0 Å². The monoisotopic (exact) mass is 342 g/mol. The quantitative estimate of drug-likeness (QED) is 0.565. The zero-order valence-electron chi connectivity index (χ0n) is 12.4. The van der Waals surface area contributed by atoms with E-state index in [0.717, 1.165) is 35.8 Å². The van der Waals surface area contributed by atoms with Crippen molar-refractivity contribution in [2.75, 3.05) is 6.54 Å². The SMILES string of the molecule is CCCNC(C)C(CC)Cc1ccc([N+](=O)[O-])cc1Br. The van der Waals surface area contributed by atoms with Crippen molar-refractivity contribution in [2.45, 2.75) is 46.1 Å². The first-order valence-electron chi connectivity index (χ1n) is 7.15. The average Bonchev–Trinajstić information content (AvgIpc) is 2.43. The second-order valence-corrected chi connectivity index (χ2v) is 6.00. The number of non-ortho nitro benzene ring substituents is 1. The maximum absolute atomic E-state index is 10.7. The molecular formula is C15H23BrN2O2. The van der Waals surface area contributed by atoms with Gasteiger partial charge in [-0.2, -0.15) is 0 Å². The smallest absolute Gasteiger partial charge is 0.270 e. The van der Waals surface area contributed by atoms with E-state index in [9.17, 15) is 10.1 Å². The summed E-state index contributed by atoms with van der Waals surface area (Å²) in [6, 6.07) is 5.47. The number of rotatable bonds is 8. The van der Waals surface area contributed by atoms with Gasteiger partial charge >= 0.3 is 0 Å². The third-order valence-corrected chi connectivity index (χ3v) is 4.42. The van der Waals surface area contributed by atoms with E-state index in [4.69, 9.17) is 0 Å². The molecule has 0 bridgehead atoms. The first-order chi connectivity index (χ1) is 9.49. The highest BCUT2D eigenvalue weighted by Gasteiger charge is 2.18. The molecule has 112 valence electrons. The van der Waals surface area contributed by atoms with E-state index < -0.39 is 0 Å². The predicted molar refractivity (Wildman–Crippen MR) is 86.0 cm³/mol. The highest BCUT2D eigenvalue weighted by Crippen LogP contribution is 2.26. The van der Waals surface area contributed by atoms with Crippen LogP contribution in [0.5, 0.6) is 0 Å². The molecule has 1 N–H and O–H groups in total.